The number of rotatable bonds is 6. The van der Waals surface area contributed by atoms with Crippen LogP contribution in [-0.4, -0.2) is 7.11 Å². The van der Waals surface area contributed by atoms with Crippen LogP contribution in [0.4, 0.5) is 0 Å². The van der Waals surface area contributed by atoms with E-state index in [1.54, 1.807) is 7.11 Å². The average Bonchev–Trinajstić information content (AvgIpc) is 2.45. The summed E-state index contributed by atoms with van der Waals surface area (Å²) in [4.78, 5) is 4.80. The lowest BCUT2D eigenvalue weighted by molar-refractivity contribution is 0.0867. The van der Waals surface area contributed by atoms with E-state index < -0.39 is 0 Å². The summed E-state index contributed by atoms with van der Waals surface area (Å²) in [6, 6.07) is 15.7. The van der Waals surface area contributed by atoms with Crippen molar-refractivity contribution >= 4 is 11.6 Å². The Labute approximate surface area is 118 Å². The molecule has 19 heavy (non-hydrogen) atoms. The first-order chi connectivity index (χ1) is 9.29. The van der Waals surface area contributed by atoms with Crippen LogP contribution in [0.1, 0.15) is 11.1 Å². The van der Waals surface area contributed by atoms with Crippen LogP contribution in [0, 0.1) is 0 Å². The van der Waals surface area contributed by atoms with Crippen molar-refractivity contribution in [2.45, 2.75) is 13.2 Å². The molecule has 0 spiro atoms. The van der Waals surface area contributed by atoms with Crippen LogP contribution in [0.15, 0.2) is 48.5 Å². The van der Waals surface area contributed by atoms with Gasteiger partial charge in [-0.15, -0.1) is 0 Å². The maximum atomic E-state index is 6.18. The second-order valence-electron chi connectivity index (χ2n) is 4.06. The molecule has 0 saturated carbocycles. The molecule has 0 aromatic heterocycles. The summed E-state index contributed by atoms with van der Waals surface area (Å²) in [6.45, 7) is 1.12. The van der Waals surface area contributed by atoms with E-state index >= 15 is 0 Å². The third kappa shape index (κ3) is 4.24. The number of hydrogen-bond donors (Lipinski definition) is 1. The Kier molecular flexibility index (Phi) is 5.21. The average molecular weight is 278 g/mol. The summed E-state index contributed by atoms with van der Waals surface area (Å²) in [6.07, 6.45) is 0. The van der Waals surface area contributed by atoms with Gasteiger partial charge in [-0.1, -0.05) is 48.0 Å². The molecule has 100 valence electrons. The largest absolute Gasteiger partial charge is 0.487 e. The molecule has 0 aliphatic heterocycles. The normalized spacial score (nSPS) is 10.4. The van der Waals surface area contributed by atoms with E-state index in [1.807, 2.05) is 48.5 Å². The van der Waals surface area contributed by atoms with Crippen molar-refractivity contribution in [2.24, 2.45) is 0 Å². The van der Waals surface area contributed by atoms with Gasteiger partial charge in [0.15, 0.2) is 0 Å². The van der Waals surface area contributed by atoms with E-state index in [1.165, 1.54) is 0 Å². The fourth-order valence-corrected chi connectivity index (χ4v) is 1.92. The van der Waals surface area contributed by atoms with Crippen molar-refractivity contribution in [3.8, 4) is 5.75 Å². The zero-order valence-corrected chi connectivity index (χ0v) is 11.5. The molecule has 1 N–H and O–H groups in total. The first-order valence-electron chi connectivity index (χ1n) is 6.00. The maximum Gasteiger partial charge on any atom is 0.138 e. The van der Waals surface area contributed by atoms with Crippen LogP contribution in [-0.2, 0) is 18.0 Å². The minimum Gasteiger partial charge on any atom is -0.487 e. The third-order valence-electron chi connectivity index (χ3n) is 2.65. The maximum absolute atomic E-state index is 6.18. The SMILES string of the molecule is CONCc1ccc(OCc2ccccc2)c(Cl)c1. The fourth-order valence-electron chi connectivity index (χ4n) is 1.66. The van der Waals surface area contributed by atoms with Gasteiger partial charge in [0, 0.05) is 6.54 Å². The highest BCUT2D eigenvalue weighted by atomic mass is 35.5. The van der Waals surface area contributed by atoms with E-state index in [0.29, 0.717) is 23.9 Å². The highest BCUT2D eigenvalue weighted by Gasteiger charge is 2.03. The van der Waals surface area contributed by atoms with E-state index in [2.05, 4.69) is 5.48 Å². The van der Waals surface area contributed by atoms with Crippen molar-refractivity contribution in [2.75, 3.05) is 7.11 Å². The van der Waals surface area contributed by atoms with Crippen LogP contribution in [0.25, 0.3) is 0 Å². The van der Waals surface area contributed by atoms with Gasteiger partial charge in [0.05, 0.1) is 12.1 Å². The Bertz CT molecular complexity index is 517. The molecule has 3 nitrogen and oxygen atoms in total. The molecule has 4 heteroatoms. The summed E-state index contributed by atoms with van der Waals surface area (Å²) in [5.41, 5.74) is 4.92. The summed E-state index contributed by atoms with van der Waals surface area (Å²) >= 11 is 6.18. The highest BCUT2D eigenvalue weighted by molar-refractivity contribution is 6.32. The predicted molar refractivity (Wildman–Crippen MR) is 76.1 cm³/mol. The van der Waals surface area contributed by atoms with Gasteiger partial charge < -0.3 is 9.57 Å². The molecule has 0 fully saturated rings. The zero-order valence-electron chi connectivity index (χ0n) is 10.7. The molecule has 2 aromatic carbocycles. The number of hydrogen-bond acceptors (Lipinski definition) is 3. The second kappa shape index (κ2) is 7.14. The van der Waals surface area contributed by atoms with Gasteiger partial charge in [-0.25, -0.2) is 0 Å². The van der Waals surface area contributed by atoms with Crippen LogP contribution >= 0.6 is 11.6 Å². The lowest BCUT2D eigenvalue weighted by Gasteiger charge is -2.10. The van der Waals surface area contributed by atoms with E-state index in [4.69, 9.17) is 21.2 Å². The van der Waals surface area contributed by atoms with Crippen molar-refractivity contribution in [3.63, 3.8) is 0 Å². The Morgan fingerprint density at radius 2 is 1.84 bits per heavy atom. The van der Waals surface area contributed by atoms with Gasteiger partial charge in [-0.05, 0) is 23.3 Å². The van der Waals surface area contributed by atoms with Crippen LogP contribution < -0.4 is 10.2 Å². The number of hydroxylamine groups is 1. The molecule has 0 aliphatic carbocycles. The van der Waals surface area contributed by atoms with E-state index in [9.17, 15) is 0 Å². The molecule has 2 aromatic rings. The molecule has 0 atom stereocenters. The summed E-state index contributed by atoms with van der Waals surface area (Å²) in [5, 5.41) is 0.603. The molecule has 0 radical (unpaired) electrons. The number of ether oxygens (including phenoxy) is 1. The Balaban J connectivity index is 1.97. The number of nitrogens with one attached hydrogen (secondary N) is 1. The predicted octanol–water partition coefficient (Wildman–Crippen LogP) is 3.57. The smallest absolute Gasteiger partial charge is 0.138 e. The topological polar surface area (TPSA) is 30.5 Å². The minimum absolute atomic E-state index is 0.510. The van der Waals surface area contributed by atoms with E-state index in [-0.39, 0.29) is 0 Å². The Morgan fingerprint density at radius 1 is 1.05 bits per heavy atom. The van der Waals surface area contributed by atoms with Gasteiger partial charge in [0.1, 0.15) is 12.4 Å². The highest BCUT2D eigenvalue weighted by Crippen LogP contribution is 2.26. The molecular formula is C15H16ClNO2. The van der Waals surface area contributed by atoms with E-state index in [0.717, 1.165) is 11.1 Å². The second-order valence-corrected chi connectivity index (χ2v) is 4.47. The van der Waals surface area contributed by atoms with Crippen molar-refractivity contribution < 1.29 is 9.57 Å². The Morgan fingerprint density at radius 3 is 2.53 bits per heavy atom. The summed E-state index contributed by atoms with van der Waals surface area (Å²) in [5.74, 6) is 0.687. The van der Waals surface area contributed by atoms with Gasteiger partial charge in [0.2, 0.25) is 0 Å². The monoisotopic (exact) mass is 277 g/mol. The van der Waals surface area contributed by atoms with Gasteiger partial charge >= 0.3 is 0 Å². The molecule has 0 bridgehead atoms. The van der Waals surface area contributed by atoms with Gasteiger partial charge in [0.25, 0.3) is 0 Å². The minimum atomic E-state index is 0.510. The first-order valence-corrected chi connectivity index (χ1v) is 6.38. The molecule has 2 rings (SSSR count). The fraction of sp³-hybridized carbons (Fsp3) is 0.200. The molecular weight excluding hydrogens is 262 g/mol. The lowest BCUT2D eigenvalue weighted by Crippen LogP contribution is -2.10. The molecule has 0 saturated heterocycles. The van der Waals surface area contributed by atoms with Gasteiger partial charge in [-0.2, -0.15) is 5.48 Å². The molecule has 0 amide bonds. The van der Waals surface area contributed by atoms with Crippen LogP contribution in [0.3, 0.4) is 0 Å². The zero-order chi connectivity index (χ0) is 13.5. The third-order valence-corrected chi connectivity index (χ3v) is 2.95. The quantitative estimate of drug-likeness (QED) is 0.819. The van der Waals surface area contributed by atoms with Gasteiger partial charge in [-0.3, -0.25) is 0 Å². The number of halogens is 1. The summed E-state index contributed by atoms with van der Waals surface area (Å²) in [7, 11) is 1.58. The molecule has 0 unspecified atom stereocenters. The molecule has 0 aliphatic rings. The van der Waals surface area contributed by atoms with Crippen LogP contribution in [0.2, 0.25) is 5.02 Å². The number of benzene rings is 2. The standard InChI is InChI=1S/C15H16ClNO2/c1-18-17-10-13-7-8-15(14(16)9-13)19-11-12-5-3-2-4-6-12/h2-9,17H,10-11H2,1H3. The lowest BCUT2D eigenvalue weighted by atomic mass is 10.2. The molecule has 0 heterocycles. The van der Waals surface area contributed by atoms with Crippen molar-refractivity contribution in [1.82, 2.24) is 5.48 Å². The summed E-state index contributed by atoms with van der Waals surface area (Å²) < 4.78 is 5.70. The first kappa shape index (κ1) is 13.9. The van der Waals surface area contributed by atoms with Crippen molar-refractivity contribution in [1.29, 1.82) is 0 Å². The Hall–Kier alpha value is -1.55. The van der Waals surface area contributed by atoms with Crippen LogP contribution in [0.5, 0.6) is 5.75 Å². The van der Waals surface area contributed by atoms with Crippen molar-refractivity contribution in [3.05, 3.63) is 64.7 Å².